The number of rotatable bonds is 4. The number of aliphatic hydroxyl groups is 1. The van der Waals surface area contributed by atoms with E-state index in [1.54, 1.807) is 25.1 Å². The van der Waals surface area contributed by atoms with Gasteiger partial charge in [0.15, 0.2) is 0 Å². The molecular formula is C11H12F2N2O. The molecule has 86 valence electrons. The number of aliphatic hydroxyl groups excluding tert-OH is 1. The molecule has 0 amide bonds. The van der Waals surface area contributed by atoms with E-state index < -0.39 is 12.5 Å². The van der Waals surface area contributed by atoms with Gasteiger partial charge in [0.25, 0.3) is 6.43 Å². The fourth-order valence-corrected chi connectivity index (χ4v) is 1.29. The molecular weight excluding hydrogens is 214 g/mol. The summed E-state index contributed by atoms with van der Waals surface area (Å²) in [6.45, 7) is 1.48. The lowest BCUT2D eigenvalue weighted by molar-refractivity contribution is 0.00384. The molecule has 1 aromatic carbocycles. The molecule has 0 heterocycles. The number of hydrogen-bond acceptors (Lipinski definition) is 3. The van der Waals surface area contributed by atoms with E-state index in [0.717, 1.165) is 5.56 Å². The number of para-hydroxylation sites is 1. The van der Waals surface area contributed by atoms with Crippen molar-refractivity contribution in [2.45, 2.75) is 19.5 Å². The molecule has 0 bridgehead atoms. The summed E-state index contributed by atoms with van der Waals surface area (Å²) in [7, 11) is 0. The van der Waals surface area contributed by atoms with Gasteiger partial charge in [-0.15, -0.1) is 0 Å². The van der Waals surface area contributed by atoms with E-state index in [2.05, 4.69) is 5.32 Å². The zero-order valence-corrected chi connectivity index (χ0v) is 8.74. The van der Waals surface area contributed by atoms with Crippen LogP contribution in [0.15, 0.2) is 18.2 Å². The Labute approximate surface area is 92.3 Å². The van der Waals surface area contributed by atoms with Crippen LogP contribution in [0.4, 0.5) is 14.5 Å². The van der Waals surface area contributed by atoms with Gasteiger partial charge in [0, 0.05) is 6.54 Å². The van der Waals surface area contributed by atoms with Gasteiger partial charge in [-0.25, -0.2) is 8.78 Å². The molecule has 0 saturated heterocycles. The van der Waals surface area contributed by atoms with Crippen molar-refractivity contribution in [2.75, 3.05) is 11.9 Å². The van der Waals surface area contributed by atoms with Crippen LogP contribution in [-0.2, 0) is 0 Å². The molecule has 1 rings (SSSR count). The van der Waals surface area contributed by atoms with Crippen molar-refractivity contribution in [3.05, 3.63) is 29.3 Å². The van der Waals surface area contributed by atoms with E-state index in [1.165, 1.54) is 0 Å². The van der Waals surface area contributed by atoms with Gasteiger partial charge in [-0.1, -0.05) is 12.1 Å². The maximum Gasteiger partial charge on any atom is 0.265 e. The van der Waals surface area contributed by atoms with Crippen molar-refractivity contribution in [1.29, 1.82) is 5.26 Å². The Bertz CT molecular complexity index is 401. The highest BCUT2D eigenvalue weighted by Crippen LogP contribution is 2.19. The zero-order valence-electron chi connectivity index (χ0n) is 8.74. The van der Waals surface area contributed by atoms with Crippen LogP contribution in [0.3, 0.4) is 0 Å². The molecule has 0 fully saturated rings. The summed E-state index contributed by atoms with van der Waals surface area (Å²) >= 11 is 0. The lowest BCUT2D eigenvalue weighted by atomic mass is 10.1. The Morgan fingerprint density at radius 3 is 2.75 bits per heavy atom. The Morgan fingerprint density at radius 1 is 1.50 bits per heavy atom. The molecule has 1 aromatic rings. The second-order valence-corrected chi connectivity index (χ2v) is 3.39. The van der Waals surface area contributed by atoms with E-state index in [0.29, 0.717) is 11.3 Å². The summed E-state index contributed by atoms with van der Waals surface area (Å²) in [6.07, 6.45) is -4.52. The van der Waals surface area contributed by atoms with Gasteiger partial charge in [0.05, 0.1) is 11.3 Å². The minimum absolute atomic E-state index is 0.281. The first kappa shape index (κ1) is 12.4. The van der Waals surface area contributed by atoms with Crippen molar-refractivity contribution < 1.29 is 13.9 Å². The quantitative estimate of drug-likeness (QED) is 0.824. The van der Waals surface area contributed by atoms with Gasteiger partial charge in [0.2, 0.25) is 0 Å². The average Bonchev–Trinajstić information content (AvgIpc) is 2.26. The Hall–Kier alpha value is -1.67. The molecule has 0 aliphatic rings. The molecule has 0 aromatic heterocycles. The van der Waals surface area contributed by atoms with Gasteiger partial charge in [0.1, 0.15) is 12.2 Å². The van der Waals surface area contributed by atoms with Crippen LogP contribution < -0.4 is 5.32 Å². The lowest BCUT2D eigenvalue weighted by Gasteiger charge is -2.14. The van der Waals surface area contributed by atoms with Crippen LogP contribution in [-0.4, -0.2) is 24.2 Å². The van der Waals surface area contributed by atoms with Crippen LogP contribution in [0.2, 0.25) is 0 Å². The molecule has 3 nitrogen and oxygen atoms in total. The van der Waals surface area contributed by atoms with Gasteiger partial charge in [-0.3, -0.25) is 0 Å². The number of halogens is 2. The summed E-state index contributed by atoms with van der Waals surface area (Å²) < 4.78 is 24.1. The SMILES string of the molecule is Cc1cccc(C#N)c1NCC(O)C(F)F. The Morgan fingerprint density at radius 2 is 2.19 bits per heavy atom. The molecule has 0 spiro atoms. The normalized spacial score (nSPS) is 12.2. The number of anilines is 1. The maximum absolute atomic E-state index is 12.1. The van der Waals surface area contributed by atoms with E-state index >= 15 is 0 Å². The minimum Gasteiger partial charge on any atom is -0.385 e. The fraction of sp³-hybridized carbons (Fsp3) is 0.364. The Balaban J connectivity index is 2.78. The minimum atomic E-state index is -2.79. The second-order valence-electron chi connectivity index (χ2n) is 3.39. The smallest absolute Gasteiger partial charge is 0.265 e. The number of nitrogens with one attached hydrogen (secondary N) is 1. The number of benzene rings is 1. The van der Waals surface area contributed by atoms with E-state index in [-0.39, 0.29) is 6.54 Å². The number of nitrogens with zero attached hydrogens (tertiary/aromatic N) is 1. The average molecular weight is 226 g/mol. The van der Waals surface area contributed by atoms with Gasteiger partial charge >= 0.3 is 0 Å². The summed E-state index contributed by atoms with van der Waals surface area (Å²) in [4.78, 5) is 0. The van der Waals surface area contributed by atoms with Crippen LogP contribution in [0.25, 0.3) is 0 Å². The number of alkyl halides is 2. The molecule has 0 aliphatic heterocycles. The number of aryl methyl sites for hydroxylation is 1. The standard InChI is InChI=1S/C11H12F2N2O/c1-7-3-2-4-8(5-14)10(7)15-6-9(16)11(12)13/h2-4,9,11,15-16H,6H2,1H3. The largest absolute Gasteiger partial charge is 0.385 e. The van der Waals surface area contributed by atoms with Crippen molar-refractivity contribution in [2.24, 2.45) is 0 Å². The van der Waals surface area contributed by atoms with Crippen molar-refractivity contribution in [1.82, 2.24) is 0 Å². The van der Waals surface area contributed by atoms with E-state index in [9.17, 15) is 8.78 Å². The molecule has 16 heavy (non-hydrogen) atoms. The van der Waals surface area contributed by atoms with E-state index in [4.69, 9.17) is 10.4 Å². The first-order valence-electron chi connectivity index (χ1n) is 4.76. The summed E-state index contributed by atoms with van der Waals surface area (Å²) in [5, 5.41) is 20.4. The summed E-state index contributed by atoms with van der Waals surface area (Å²) in [5.74, 6) is 0. The first-order chi connectivity index (χ1) is 7.56. The summed E-state index contributed by atoms with van der Waals surface area (Å²) in [5.41, 5.74) is 1.65. The zero-order chi connectivity index (χ0) is 12.1. The van der Waals surface area contributed by atoms with Crippen LogP contribution in [0.5, 0.6) is 0 Å². The Kier molecular flexibility index (Phi) is 4.20. The fourth-order valence-electron chi connectivity index (χ4n) is 1.29. The van der Waals surface area contributed by atoms with Crippen molar-refractivity contribution >= 4 is 5.69 Å². The highest BCUT2D eigenvalue weighted by atomic mass is 19.3. The van der Waals surface area contributed by atoms with Crippen LogP contribution >= 0.6 is 0 Å². The predicted octanol–water partition coefficient (Wildman–Crippen LogP) is 1.90. The van der Waals surface area contributed by atoms with Gasteiger partial charge in [-0.2, -0.15) is 5.26 Å². The third-order valence-corrected chi connectivity index (χ3v) is 2.17. The third kappa shape index (κ3) is 2.91. The molecule has 5 heteroatoms. The third-order valence-electron chi connectivity index (χ3n) is 2.17. The molecule has 0 radical (unpaired) electrons. The predicted molar refractivity (Wildman–Crippen MR) is 56.4 cm³/mol. The number of hydrogen-bond donors (Lipinski definition) is 2. The summed E-state index contributed by atoms with van der Waals surface area (Å²) in [6, 6.07) is 7.02. The van der Waals surface area contributed by atoms with Crippen molar-refractivity contribution in [3.63, 3.8) is 0 Å². The first-order valence-corrected chi connectivity index (χ1v) is 4.76. The van der Waals surface area contributed by atoms with Crippen molar-refractivity contribution in [3.8, 4) is 6.07 Å². The van der Waals surface area contributed by atoms with Gasteiger partial charge in [-0.05, 0) is 18.6 Å². The monoisotopic (exact) mass is 226 g/mol. The highest BCUT2D eigenvalue weighted by Gasteiger charge is 2.17. The lowest BCUT2D eigenvalue weighted by Crippen LogP contribution is -2.27. The highest BCUT2D eigenvalue weighted by molar-refractivity contribution is 5.62. The second kappa shape index (κ2) is 5.42. The van der Waals surface area contributed by atoms with Gasteiger partial charge < -0.3 is 10.4 Å². The number of nitriles is 1. The molecule has 0 aliphatic carbocycles. The maximum atomic E-state index is 12.1. The molecule has 1 atom stereocenters. The molecule has 0 saturated carbocycles. The molecule has 2 N–H and O–H groups in total. The topological polar surface area (TPSA) is 56.0 Å². The van der Waals surface area contributed by atoms with Crippen LogP contribution in [0, 0.1) is 18.3 Å². The van der Waals surface area contributed by atoms with E-state index in [1.807, 2.05) is 6.07 Å². The molecule has 1 unspecified atom stereocenters. The van der Waals surface area contributed by atoms with Crippen LogP contribution in [0.1, 0.15) is 11.1 Å².